The fourth-order valence-electron chi connectivity index (χ4n) is 1.99. The van der Waals surface area contributed by atoms with Crippen LogP contribution in [0.3, 0.4) is 0 Å². The van der Waals surface area contributed by atoms with Crippen LogP contribution in [-0.2, 0) is 10.0 Å². The Morgan fingerprint density at radius 1 is 1.33 bits per heavy atom. The third-order valence-corrected chi connectivity index (χ3v) is 5.47. The molecule has 120 valence electrons. The highest BCUT2D eigenvalue weighted by atomic mass is 32.2. The number of anilines is 1. The van der Waals surface area contributed by atoms with E-state index < -0.39 is 10.0 Å². The van der Waals surface area contributed by atoms with Crippen molar-refractivity contribution < 1.29 is 8.42 Å². The average molecular weight is 313 g/mol. The molecule has 1 aromatic rings. The first kappa shape index (κ1) is 17.9. The molecule has 0 saturated heterocycles. The summed E-state index contributed by atoms with van der Waals surface area (Å²) in [7, 11) is -3.51. The first-order valence-electron chi connectivity index (χ1n) is 7.66. The lowest BCUT2D eigenvalue weighted by Crippen LogP contribution is -2.35. The Hall–Kier alpha value is -1.14. The van der Waals surface area contributed by atoms with Gasteiger partial charge in [0.05, 0.1) is 0 Å². The van der Waals surface area contributed by atoms with Crippen molar-refractivity contribution in [3.63, 3.8) is 0 Å². The van der Waals surface area contributed by atoms with Gasteiger partial charge >= 0.3 is 0 Å². The molecule has 0 aliphatic carbocycles. The molecule has 0 aromatic carbocycles. The topological polar surface area (TPSA) is 62.3 Å². The van der Waals surface area contributed by atoms with Gasteiger partial charge in [0, 0.05) is 25.8 Å². The third-order valence-electron chi connectivity index (χ3n) is 3.50. The molecule has 0 spiro atoms. The van der Waals surface area contributed by atoms with Crippen LogP contribution in [0.5, 0.6) is 0 Å². The van der Waals surface area contributed by atoms with E-state index in [0.29, 0.717) is 31.4 Å². The summed E-state index contributed by atoms with van der Waals surface area (Å²) in [5, 5.41) is 3.10. The van der Waals surface area contributed by atoms with Crippen LogP contribution in [0.4, 0.5) is 5.82 Å². The Kier molecular flexibility index (Phi) is 7.11. The van der Waals surface area contributed by atoms with Crippen LogP contribution < -0.4 is 5.32 Å². The van der Waals surface area contributed by atoms with Gasteiger partial charge in [-0.05, 0) is 24.5 Å². The maximum Gasteiger partial charge on any atom is 0.246 e. The second-order valence-electron chi connectivity index (χ2n) is 5.25. The minimum atomic E-state index is -3.51. The van der Waals surface area contributed by atoms with E-state index in [4.69, 9.17) is 0 Å². The summed E-state index contributed by atoms with van der Waals surface area (Å²) in [5.41, 5.74) is 0. The van der Waals surface area contributed by atoms with Crippen molar-refractivity contribution in [3.8, 4) is 0 Å². The van der Waals surface area contributed by atoms with Gasteiger partial charge in [-0.15, -0.1) is 0 Å². The fraction of sp³-hybridized carbons (Fsp3) is 0.667. The monoisotopic (exact) mass is 313 g/mol. The number of rotatable bonds is 9. The van der Waals surface area contributed by atoms with Crippen molar-refractivity contribution >= 4 is 15.8 Å². The molecule has 0 aliphatic heterocycles. The lowest BCUT2D eigenvalue weighted by molar-refractivity contribution is 0.361. The molecule has 1 heterocycles. The summed E-state index contributed by atoms with van der Waals surface area (Å²) in [5.74, 6) is 0.783. The van der Waals surface area contributed by atoms with E-state index in [1.165, 1.54) is 4.31 Å². The minimum Gasteiger partial charge on any atom is -0.369 e. The number of nitrogens with one attached hydrogen (secondary N) is 1. The maximum absolute atomic E-state index is 12.8. The first-order valence-corrected chi connectivity index (χ1v) is 9.10. The molecule has 0 saturated carbocycles. The molecule has 21 heavy (non-hydrogen) atoms. The summed E-state index contributed by atoms with van der Waals surface area (Å²) in [4.78, 5) is 4.45. The number of hydrogen-bond donors (Lipinski definition) is 1. The van der Waals surface area contributed by atoms with Crippen molar-refractivity contribution in [1.82, 2.24) is 9.29 Å². The predicted octanol–water partition coefficient (Wildman–Crippen LogP) is 2.96. The maximum atomic E-state index is 12.8. The van der Waals surface area contributed by atoms with Crippen LogP contribution in [0, 0.1) is 5.92 Å². The van der Waals surface area contributed by atoms with Gasteiger partial charge in [-0.2, -0.15) is 4.31 Å². The van der Waals surface area contributed by atoms with E-state index in [-0.39, 0.29) is 4.90 Å². The molecule has 5 nitrogen and oxygen atoms in total. The molecule has 1 atom stereocenters. The molecule has 0 radical (unpaired) electrons. The molecule has 1 unspecified atom stereocenters. The standard InChI is InChI=1S/C15H27N3O2S/c1-5-10-16-15-14(9-8-11-17-15)21(19,20)18(7-3)12-13(4)6-2/h8-9,11,13H,5-7,10,12H2,1-4H3,(H,16,17). The van der Waals surface area contributed by atoms with E-state index in [1.54, 1.807) is 18.3 Å². The van der Waals surface area contributed by atoms with Crippen molar-refractivity contribution in [2.24, 2.45) is 5.92 Å². The van der Waals surface area contributed by atoms with Crippen LogP contribution in [0.25, 0.3) is 0 Å². The van der Waals surface area contributed by atoms with Crippen molar-refractivity contribution in [2.45, 2.75) is 45.4 Å². The van der Waals surface area contributed by atoms with Gasteiger partial charge < -0.3 is 5.32 Å². The van der Waals surface area contributed by atoms with Gasteiger partial charge in [-0.3, -0.25) is 0 Å². The number of aromatic nitrogens is 1. The summed E-state index contributed by atoms with van der Waals surface area (Å²) >= 11 is 0. The summed E-state index contributed by atoms with van der Waals surface area (Å²) in [6, 6.07) is 3.29. The number of nitrogens with zero attached hydrogens (tertiary/aromatic N) is 2. The van der Waals surface area contributed by atoms with E-state index >= 15 is 0 Å². The average Bonchev–Trinajstić information content (AvgIpc) is 2.50. The second-order valence-corrected chi connectivity index (χ2v) is 7.15. The Balaban J connectivity index is 3.10. The first-order chi connectivity index (χ1) is 9.97. The molecule has 1 N–H and O–H groups in total. The Morgan fingerprint density at radius 2 is 2.05 bits per heavy atom. The zero-order valence-corrected chi connectivity index (χ0v) is 14.3. The summed E-state index contributed by atoms with van der Waals surface area (Å²) < 4.78 is 27.2. The fourth-order valence-corrected chi connectivity index (χ4v) is 3.68. The molecule has 0 amide bonds. The molecule has 6 heteroatoms. The quantitative estimate of drug-likeness (QED) is 0.761. The van der Waals surface area contributed by atoms with Crippen molar-refractivity contribution in [1.29, 1.82) is 0 Å². The normalized spacial score (nSPS) is 13.4. The molecule has 0 fully saturated rings. The van der Waals surface area contributed by atoms with E-state index in [9.17, 15) is 8.42 Å². The van der Waals surface area contributed by atoms with Crippen LogP contribution in [0.1, 0.15) is 40.5 Å². The molecule has 0 aliphatic rings. The Morgan fingerprint density at radius 3 is 2.62 bits per heavy atom. The summed E-state index contributed by atoms with van der Waals surface area (Å²) in [6.45, 7) is 9.76. The lowest BCUT2D eigenvalue weighted by atomic mass is 10.1. The molecule has 1 rings (SSSR count). The van der Waals surface area contributed by atoms with E-state index in [0.717, 1.165) is 12.8 Å². The highest BCUT2D eigenvalue weighted by molar-refractivity contribution is 7.89. The van der Waals surface area contributed by atoms with Gasteiger partial charge in [-0.1, -0.05) is 34.1 Å². The largest absolute Gasteiger partial charge is 0.369 e. The lowest BCUT2D eigenvalue weighted by Gasteiger charge is -2.24. The molecule has 0 bridgehead atoms. The zero-order chi connectivity index (χ0) is 15.9. The SMILES string of the molecule is CCCNc1ncccc1S(=O)(=O)N(CC)CC(C)CC. The van der Waals surface area contributed by atoms with Crippen LogP contribution in [0.2, 0.25) is 0 Å². The Labute approximate surface area is 128 Å². The molecular weight excluding hydrogens is 286 g/mol. The van der Waals surface area contributed by atoms with Crippen LogP contribution in [0.15, 0.2) is 23.2 Å². The smallest absolute Gasteiger partial charge is 0.246 e. The second kappa shape index (κ2) is 8.34. The van der Waals surface area contributed by atoms with Crippen molar-refractivity contribution in [3.05, 3.63) is 18.3 Å². The van der Waals surface area contributed by atoms with E-state index in [1.807, 2.05) is 13.8 Å². The molecule has 1 aromatic heterocycles. The number of sulfonamides is 1. The van der Waals surface area contributed by atoms with Gasteiger partial charge in [0.25, 0.3) is 0 Å². The predicted molar refractivity (Wildman–Crippen MR) is 86.9 cm³/mol. The van der Waals surface area contributed by atoms with Crippen molar-refractivity contribution in [2.75, 3.05) is 25.0 Å². The van der Waals surface area contributed by atoms with Gasteiger partial charge in [0.15, 0.2) is 0 Å². The van der Waals surface area contributed by atoms with Gasteiger partial charge in [0.1, 0.15) is 10.7 Å². The van der Waals surface area contributed by atoms with Gasteiger partial charge in [0.2, 0.25) is 10.0 Å². The molecular formula is C15H27N3O2S. The van der Waals surface area contributed by atoms with Crippen LogP contribution in [-0.4, -0.2) is 37.3 Å². The highest BCUT2D eigenvalue weighted by Crippen LogP contribution is 2.23. The highest BCUT2D eigenvalue weighted by Gasteiger charge is 2.27. The number of hydrogen-bond acceptors (Lipinski definition) is 4. The Bertz CT molecular complexity index is 531. The zero-order valence-electron chi connectivity index (χ0n) is 13.5. The minimum absolute atomic E-state index is 0.267. The van der Waals surface area contributed by atoms with Crippen LogP contribution >= 0.6 is 0 Å². The van der Waals surface area contributed by atoms with Gasteiger partial charge in [-0.25, -0.2) is 13.4 Å². The summed E-state index contributed by atoms with van der Waals surface area (Å²) in [6.07, 6.45) is 3.49. The third kappa shape index (κ3) is 4.68. The number of pyridine rings is 1. The van der Waals surface area contributed by atoms with E-state index in [2.05, 4.69) is 24.1 Å².